The highest BCUT2D eigenvalue weighted by atomic mass is 19.4. The van der Waals surface area contributed by atoms with Gasteiger partial charge in [0.05, 0.1) is 11.3 Å². The molecule has 156 valence electrons. The van der Waals surface area contributed by atoms with Gasteiger partial charge in [0.2, 0.25) is 0 Å². The van der Waals surface area contributed by atoms with E-state index in [2.05, 4.69) is 15.4 Å². The number of H-pyrrole nitrogens is 1. The van der Waals surface area contributed by atoms with E-state index in [0.29, 0.717) is 33.6 Å². The van der Waals surface area contributed by atoms with E-state index in [9.17, 15) is 18.0 Å². The number of halogens is 3. The fourth-order valence-electron chi connectivity index (χ4n) is 3.87. The molecule has 1 unspecified atom stereocenters. The van der Waals surface area contributed by atoms with Gasteiger partial charge in [-0.3, -0.25) is 15.2 Å². The summed E-state index contributed by atoms with van der Waals surface area (Å²) in [5.74, 6) is 0.314. The summed E-state index contributed by atoms with van der Waals surface area (Å²) in [5, 5.41) is 2.06. The Morgan fingerprint density at radius 3 is 2.48 bits per heavy atom. The monoisotopic (exact) mass is 422 g/mol. The van der Waals surface area contributed by atoms with Crippen LogP contribution in [0.25, 0.3) is 16.5 Å². The van der Waals surface area contributed by atoms with Crippen molar-refractivity contribution in [3.05, 3.63) is 99.5 Å². The Balaban J connectivity index is 1.60. The van der Waals surface area contributed by atoms with E-state index in [1.807, 2.05) is 0 Å². The van der Waals surface area contributed by atoms with Crippen molar-refractivity contribution in [2.45, 2.75) is 19.3 Å². The van der Waals surface area contributed by atoms with Crippen LogP contribution in [0.1, 0.15) is 16.8 Å². The maximum Gasteiger partial charge on any atom is 0.416 e. The normalized spacial score (nSPS) is 18.3. The van der Waals surface area contributed by atoms with Crippen LogP contribution in [0.2, 0.25) is 0 Å². The Morgan fingerprint density at radius 2 is 1.74 bits per heavy atom. The van der Waals surface area contributed by atoms with Crippen LogP contribution >= 0.6 is 0 Å². The Hall–Kier alpha value is -3.81. The lowest BCUT2D eigenvalue weighted by Crippen LogP contribution is -2.39. The van der Waals surface area contributed by atoms with Crippen molar-refractivity contribution >= 4 is 22.3 Å². The van der Waals surface area contributed by atoms with Gasteiger partial charge < -0.3 is 4.98 Å². The minimum absolute atomic E-state index is 0.0528. The van der Waals surface area contributed by atoms with E-state index >= 15 is 0 Å². The molecule has 5 rings (SSSR count). The molecule has 0 radical (unpaired) electrons. The number of aliphatic imine (C=N–C) groups is 1. The molecule has 3 aromatic rings. The molecule has 1 aromatic heterocycles. The summed E-state index contributed by atoms with van der Waals surface area (Å²) >= 11 is 0. The minimum Gasteiger partial charge on any atom is -0.352 e. The van der Waals surface area contributed by atoms with Crippen LogP contribution < -0.4 is 10.9 Å². The average Bonchev–Trinajstić information content (AvgIpc) is 3.18. The summed E-state index contributed by atoms with van der Waals surface area (Å²) < 4.78 is 41.4. The van der Waals surface area contributed by atoms with Gasteiger partial charge in [-0.2, -0.15) is 13.2 Å². The van der Waals surface area contributed by atoms with Gasteiger partial charge in [-0.05, 0) is 30.7 Å². The summed E-state index contributed by atoms with van der Waals surface area (Å²) in [6, 6.07) is 15.5. The number of nitrogens with zero attached hydrogens (tertiary/aromatic N) is 2. The smallest absolute Gasteiger partial charge is 0.352 e. The molecule has 8 heteroatoms. The number of aromatic nitrogens is 1. The molecular weight excluding hydrogens is 405 g/mol. The van der Waals surface area contributed by atoms with Crippen LogP contribution in [-0.2, 0) is 0 Å². The number of nitrogens with one attached hydrogen (secondary N) is 2. The van der Waals surface area contributed by atoms with E-state index in [0.717, 1.165) is 6.08 Å². The maximum absolute atomic E-state index is 13.8. The second kappa shape index (κ2) is 6.87. The molecule has 0 spiro atoms. The number of pyridine rings is 1. The van der Waals surface area contributed by atoms with Gasteiger partial charge >= 0.3 is 6.18 Å². The zero-order chi connectivity index (χ0) is 21.8. The highest BCUT2D eigenvalue weighted by Crippen LogP contribution is 2.40. The molecule has 0 fully saturated rings. The molecule has 2 aliphatic rings. The second-order valence-electron chi connectivity index (χ2n) is 7.40. The summed E-state index contributed by atoms with van der Waals surface area (Å²) in [7, 11) is 0. The van der Waals surface area contributed by atoms with Crippen LogP contribution in [0.15, 0.2) is 82.2 Å². The molecule has 2 N–H and O–H groups in total. The zero-order valence-electron chi connectivity index (χ0n) is 16.4. The molecule has 31 heavy (non-hydrogen) atoms. The number of amidine groups is 1. The predicted molar refractivity (Wildman–Crippen MR) is 113 cm³/mol. The number of para-hydroxylation sites is 1. The standard InChI is InChI=1S/C23H17F3N4O/c1-13-20(27-18-10-6-5-9-15(18)21(13)31)22-28-19-11-17(23(24,25)26)16(12-30(19)29-22)14-7-3-2-4-8-14/h2-12,19H,1H3,(H,27,31)(H,28,29). The number of fused-ring (bicyclic) bond motifs is 2. The van der Waals surface area contributed by atoms with Gasteiger partial charge in [-0.1, -0.05) is 42.5 Å². The van der Waals surface area contributed by atoms with Crippen molar-refractivity contribution in [1.29, 1.82) is 0 Å². The molecule has 1 atom stereocenters. The van der Waals surface area contributed by atoms with Crippen LogP contribution in [0.4, 0.5) is 13.2 Å². The van der Waals surface area contributed by atoms with Gasteiger partial charge in [0.15, 0.2) is 17.4 Å². The van der Waals surface area contributed by atoms with Gasteiger partial charge in [0.25, 0.3) is 0 Å². The van der Waals surface area contributed by atoms with Crippen molar-refractivity contribution in [3.63, 3.8) is 0 Å². The quantitative estimate of drug-likeness (QED) is 0.648. The highest BCUT2D eigenvalue weighted by molar-refractivity contribution is 6.01. The van der Waals surface area contributed by atoms with E-state index in [1.54, 1.807) is 61.5 Å². The fraction of sp³-hybridized carbons (Fsp3) is 0.130. The summed E-state index contributed by atoms with van der Waals surface area (Å²) in [4.78, 5) is 20.4. The Bertz CT molecular complexity index is 1340. The fourth-order valence-corrected chi connectivity index (χ4v) is 3.87. The Labute approximate surface area is 175 Å². The molecular formula is C23H17F3N4O. The predicted octanol–water partition coefficient (Wildman–Crippen LogP) is 4.27. The van der Waals surface area contributed by atoms with Gasteiger partial charge in [0.1, 0.15) is 0 Å². The van der Waals surface area contributed by atoms with E-state index < -0.39 is 17.9 Å². The van der Waals surface area contributed by atoms with Crippen molar-refractivity contribution < 1.29 is 13.2 Å². The second-order valence-corrected chi connectivity index (χ2v) is 7.40. The third-order valence-electron chi connectivity index (χ3n) is 5.43. The molecule has 0 amide bonds. The first-order chi connectivity index (χ1) is 14.8. The number of rotatable bonds is 2. The Morgan fingerprint density at radius 1 is 1.03 bits per heavy atom. The number of benzene rings is 2. The minimum atomic E-state index is -4.53. The number of hydrogen-bond acceptors (Lipinski definition) is 4. The van der Waals surface area contributed by atoms with E-state index in [4.69, 9.17) is 0 Å². The van der Waals surface area contributed by atoms with Crippen molar-refractivity contribution in [3.8, 4) is 0 Å². The first-order valence-electron chi connectivity index (χ1n) is 9.64. The SMILES string of the molecule is Cc1c(C2=NC3C=C(C(F)(F)F)C(c4ccccc4)=CN3N2)[nH]c2ccccc2c1=O. The third kappa shape index (κ3) is 3.20. The van der Waals surface area contributed by atoms with E-state index in [-0.39, 0.29) is 11.0 Å². The molecule has 5 nitrogen and oxygen atoms in total. The zero-order valence-corrected chi connectivity index (χ0v) is 16.4. The summed E-state index contributed by atoms with van der Waals surface area (Å²) in [6.07, 6.45) is -2.91. The lowest BCUT2D eigenvalue weighted by Gasteiger charge is -2.28. The van der Waals surface area contributed by atoms with Crippen LogP contribution in [0, 0.1) is 6.92 Å². The topological polar surface area (TPSA) is 60.5 Å². The van der Waals surface area contributed by atoms with Gasteiger partial charge in [-0.25, -0.2) is 4.99 Å². The average molecular weight is 422 g/mol. The lowest BCUT2D eigenvalue weighted by atomic mass is 9.95. The van der Waals surface area contributed by atoms with Crippen LogP contribution in [0.3, 0.4) is 0 Å². The molecule has 0 aliphatic carbocycles. The lowest BCUT2D eigenvalue weighted by molar-refractivity contribution is -0.0880. The number of alkyl halides is 3. The first kappa shape index (κ1) is 19.2. The van der Waals surface area contributed by atoms with Gasteiger partial charge in [-0.15, -0.1) is 0 Å². The number of allylic oxidation sites excluding steroid dienone is 2. The number of aromatic amines is 1. The van der Waals surface area contributed by atoms with Crippen molar-refractivity contribution in [2.24, 2.45) is 4.99 Å². The van der Waals surface area contributed by atoms with Crippen molar-refractivity contribution in [1.82, 2.24) is 15.4 Å². The molecule has 0 bridgehead atoms. The molecule has 3 heterocycles. The Kier molecular flexibility index (Phi) is 4.25. The van der Waals surface area contributed by atoms with Gasteiger partial charge in [0, 0.05) is 28.2 Å². The third-order valence-corrected chi connectivity index (χ3v) is 5.43. The molecule has 0 saturated carbocycles. The van der Waals surface area contributed by atoms with Crippen LogP contribution in [-0.4, -0.2) is 28.2 Å². The van der Waals surface area contributed by atoms with Crippen LogP contribution in [0.5, 0.6) is 0 Å². The maximum atomic E-state index is 13.8. The number of hydrogen-bond donors (Lipinski definition) is 2. The highest BCUT2D eigenvalue weighted by Gasteiger charge is 2.41. The van der Waals surface area contributed by atoms with Crippen molar-refractivity contribution in [2.75, 3.05) is 0 Å². The molecule has 0 saturated heterocycles. The number of hydrazine groups is 1. The summed E-state index contributed by atoms with van der Waals surface area (Å²) in [5.41, 5.74) is 4.19. The molecule has 2 aromatic carbocycles. The summed E-state index contributed by atoms with van der Waals surface area (Å²) in [6.45, 7) is 1.67. The largest absolute Gasteiger partial charge is 0.416 e. The molecule has 2 aliphatic heterocycles. The van der Waals surface area contributed by atoms with E-state index in [1.165, 1.54) is 11.2 Å². The first-order valence-corrected chi connectivity index (χ1v) is 9.64.